The van der Waals surface area contributed by atoms with Crippen LogP contribution in [0.2, 0.25) is 0 Å². The summed E-state index contributed by atoms with van der Waals surface area (Å²) in [6.07, 6.45) is 66.7. The highest BCUT2D eigenvalue weighted by Gasteiger charge is 2.44. The van der Waals surface area contributed by atoms with Gasteiger partial charge in [0.1, 0.15) is 24.4 Å². The van der Waals surface area contributed by atoms with E-state index in [1.807, 2.05) is 6.08 Å². The summed E-state index contributed by atoms with van der Waals surface area (Å²) < 4.78 is 11.3. The van der Waals surface area contributed by atoms with Crippen molar-refractivity contribution in [2.75, 3.05) is 13.2 Å². The van der Waals surface area contributed by atoms with Crippen LogP contribution in [0.5, 0.6) is 0 Å². The summed E-state index contributed by atoms with van der Waals surface area (Å²) in [5.74, 6) is -0.184. The van der Waals surface area contributed by atoms with Crippen LogP contribution in [0.4, 0.5) is 0 Å². The molecule has 0 saturated carbocycles. The number of hydrogen-bond acceptors (Lipinski definition) is 8. The molecule has 0 bridgehead atoms. The van der Waals surface area contributed by atoms with E-state index in [4.69, 9.17) is 9.47 Å². The molecule has 9 nitrogen and oxygen atoms in total. The largest absolute Gasteiger partial charge is 0.394 e. The minimum Gasteiger partial charge on any atom is -0.394 e. The third kappa shape index (κ3) is 44.9. The Balaban J connectivity index is 2.19. The van der Waals surface area contributed by atoms with Gasteiger partial charge in [0.15, 0.2) is 6.29 Å². The van der Waals surface area contributed by atoms with E-state index in [2.05, 4.69) is 43.5 Å². The van der Waals surface area contributed by atoms with Crippen molar-refractivity contribution in [3.63, 3.8) is 0 Å². The fraction of sp³-hybridized carbons (Fsp3) is 0.894. The number of aliphatic hydroxyl groups is 5. The molecule has 7 atom stereocenters. The summed E-state index contributed by atoms with van der Waals surface area (Å²) >= 11 is 0. The van der Waals surface area contributed by atoms with Gasteiger partial charge in [-0.25, -0.2) is 0 Å². The Hall–Kier alpha value is -1.59. The van der Waals surface area contributed by atoms with E-state index < -0.39 is 49.5 Å². The molecule has 0 aliphatic carbocycles. The summed E-state index contributed by atoms with van der Waals surface area (Å²) in [5, 5.41) is 54.6. The molecule has 1 aliphatic heterocycles. The topological polar surface area (TPSA) is 149 Å². The Morgan fingerprint density at radius 3 is 1.12 bits per heavy atom. The van der Waals surface area contributed by atoms with Crippen LogP contribution in [-0.4, -0.2) is 87.5 Å². The van der Waals surface area contributed by atoms with Crippen molar-refractivity contribution < 1.29 is 39.8 Å². The predicted molar refractivity (Wildman–Crippen MR) is 318 cm³/mol. The third-order valence-corrected chi connectivity index (χ3v) is 15.7. The van der Waals surface area contributed by atoms with Crippen molar-refractivity contribution in [1.82, 2.24) is 5.32 Å². The molecule has 0 spiro atoms. The number of hydrogen-bond donors (Lipinski definition) is 6. The van der Waals surface area contributed by atoms with Crippen LogP contribution in [0, 0.1) is 0 Å². The number of carbonyl (C=O) groups is 1. The van der Waals surface area contributed by atoms with Crippen molar-refractivity contribution in [3.05, 3.63) is 36.5 Å². The molecule has 9 heteroatoms. The Bertz CT molecular complexity index is 1270. The molecule has 1 heterocycles. The number of ether oxygens (including phenoxy) is 2. The molecule has 0 aromatic heterocycles. The first kappa shape index (κ1) is 71.4. The molecule has 0 radical (unpaired) electrons. The van der Waals surface area contributed by atoms with Gasteiger partial charge in [0.25, 0.3) is 0 Å². The van der Waals surface area contributed by atoms with Gasteiger partial charge in [-0.05, 0) is 44.9 Å². The van der Waals surface area contributed by atoms with Gasteiger partial charge in [-0.1, -0.05) is 307 Å². The van der Waals surface area contributed by atoms with E-state index in [-0.39, 0.29) is 12.5 Å². The Labute approximate surface area is 463 Å². The minimum absolute atomic E-state index is 0.184. The average Bonchev–Trinajstić information content (AvgIpc) is 3.41. The number of nitrogens with one attached hydrogen (secondary N) is 1. The molecule has 442 valence electrons. The maximum absolute atomic E-state index is 13.1. The molecule has 1 saturated heterocycles. The predicted octanol–water partition coefficient (Wildman–Crippen LogP) is 17.1. The Morgan fingerprint density at radius 1 is 0.440 bits per heavy atom. The van der Waals surface area contributed by atoms with Crippen LogP contribution in [0.25, 0.3) is 0 Å². The Morgan fingerprint density at radius 2 is 0.760 bits per heavy atom. The quantitative estimate of drug-likeness (QED) is 0.0261. The molecular weight excluding hydrogens is 935 g/mol. The zero-order chi connectivity index (χ0) is 54.3. The van der Waals surface area contributed by atoms with Crippen molar-refractivity contribution in [2.45, 2.75) is 365 Å². The number of allylic oxidation sites excluding steroid dienone is 5. The number of carbonyl (C=O) groups excluding carboxylic acids is 1. The second-order valence-corrected chi connectivity index (χ2v) is 22.9. The first-order chi connectivity index (χ1) is 36.8. The summed E-state index contributed by atoms with van der Waals surface area (Å²) in [4.78, 5) is 13.1. The highest BCUT2D eigenvalue weighted by atomic mass is 16.7. The van der Waals surface area contributed by atoms with Crippen LogP contribution >= 0.6 is 0 Å². The van der Waals surface area contributed by atoms with E-state index in [1.54, 1.807) is 6.08 Å². The normalized spacial score (nSPS) is 19.1. The fourth-order valence-corrected chi connectivity index (χ4v) is 10.5. The molecule has 6 N–H and O–H groups in total. The first-order valence-corrected chi connectivity index (χ1v) is 32.7. The molecule has 1 amide bonds. The van der Waals surface area contributed by atoms with Gasteiger partial charge < -0.3 is 40.3 Å². The molecule has 0 aromatic rings. The second kappa shape index (κ2) is 55.7. The van der Waals surface area contributed by atoms with Gasteiger partial charge in [0.05, 0.1) is 25.4 Å². The lowest BCUT2D eigenvalue weighted by Crippen LogP contribution is -2.60. The van der Waals surface area contributed by atoms with E-state index in [1.165, 1.54) is 257 Å². The van der Waals surface area contributed by atoms with Gasteiger partial charge in [-0.3, -0.25) is 4.79 Å². The van der Waals surface area contributed by atoms with Crippen LogP contribution in [0.15, 0.2) is 36.5 Å². The van der Waals surface area contributed by atoms with Gasteiger partial charge in [0, 0.05) is 6.42 Å². The maximum atomic E-state index is 13.1. The van der Waals surface area contributed by atoms with Crippen molar-refractivity contribution >= 4 is 5.91 Å². The lowest BCUT2D eigenvalue weighted by atomic mass is 9.99. The number of unbranched alkanes of at least 4 members (excludes halogenated alkanes) is 43. The molecule has 7 unspecified atom stereocenters. The third-order valence-electron chi connectivity index (χ3n) is 15.7. The molecule has 0 aromatic carbocycles. The monoisotopic (exact) mass is 1060 g/mol. The number of amides is 1. The van der Waals surface area contributed by atoms with Crippen LogP contribution in [-0.2, 0) is 14.3 Å². The van der Waals surface area contributed by atoms with E-state index in [0.717, 1.165) is 44.9 Å². The van der Waals surface area contributed by atoms with Crippen LogP contribution in [0.3, 0.4) is 0 Å². The van der Waals surface area contributed by atoms with E-state index >= 15 is 0 Å². The maximum Gasteiger partial charge on any atom is 0.220 e. The van der Waals surface area contributed by atoms with Gasteiger partial charge >= 0.3 is 0 Å². The zero-order valence-electron chi connectivity index (χ0n) is 49.3. The zero-order valence-corrected chi connectivity index (χ0v) is 49.3. The van der Waals surface area contributed by atoms with Crippen LogP contribution in [0.1, 0.15) is 322 Å². The minimum atomic E-state index is -1.57. The van der Waals surface area contributed by atoms with E-state index in [0.29, 0.717) is 6.42 Å². The molecule has 1 fully saturated rings. The fourth-order valence-electron chi connectivity index (χ4n) is 10.5. The molecule has 1 rings (SSSR count). The Kier molecular flexibility index (Phi) is 53.1. The van der Waals surface area contributed by atoms with E-state index in [9.17, 15) is 30.3 Å². The van der Waals surface area contributed by atoms with Crippen molar-refractivity contribution in [3.8, 4) is 0 Å². The van der Waals surface area contributed by atoms with Crippen LogP contribution < -0.4 is 5.32 Å². The number of rotatable bonds is 57. The lowest BCUT2D eigenvalue weighted by molar-refractivity contribution is -0.302. The van der Waals surface area contributed by atoms with Crippen molar-refractivity contribution in [1.29, 1.82) is 0 Å². The molecule has 1 aliphatic rings. The standard InChI is InChI=1S/C66H125NO8/c1-3-5-7-9-11-13-15-17-19-21-23-25-27-29-30-32-34-36-38-40-42-44-46-48-50-52-54-56-62(70)67-59(58-74-66-65(73)64(72)63(71)61(57-68)75-66)60(69)55-53-51-49-47-45-43-41-39-37-35-33-31-28-26-24-22-20-18-16-14-12-10-8-6-4-2/h37,39,45,47,53,55,59-61,63-66,68-69,71-73H,3-36,38,40-44,46,48-52,54,56-58H2,1-2H3,(H,67,70)/b39-37+,47-45+,55-53+. The smallest absolute Gasteiger partial charge is 0.220 e. The first-order valence-electron chi connectivity index (χ1n) is 32.7. The average molecular weight is 1060 g/mol. The highest BCUT2D eigenvalue weighted by Crippen LogP contribution is 2.23. The summed E-state index contributed by atoms with van der Waals surface area (Å²) in [6.45, 7) is 3.81. The van der Waals surface area contributed by atoms with Gasteiger partial charge in [-0.2, -0.15) is 0 Å². The van der Waals surface area contributed by atoms with Crippen molar-refractivity contribution in [2.24, 2.45) is 0 Å². The summed E-state index contributed by atoms with van der Waals surface area (Å²) in [7, 11) is 0. The van der Waals surface area contributed by atoms with Gasteiger partial charge in [0.2, 0.25) is 5.91 Å². The second-order valence-electron chi connectivity index (χ2n) is 22.9. The summed E-state index contributed by atoms with van der Waals surface area (Å²) in [6, 6.07) is -0.827. The SMILES string of the molecule is CCCCCCCCCCCCCCCCC/C=C/CC/C=C/CC/C=C/C(O)C(COC1OC(CO)C(O)C(O)C1O)NC(=O)CCCCCCCCCCCCCCCCCCCCCCCCCCCCC. The lowest BCUT2D eigenvalue weighted by Gasteiger charge is -2.40. The summed E-state index contributed by atoms with van der Waals surface area (Å²) in [5.41, 5.74) is 0. The molecule has 75 heavy (non-hydrogen) atoms. The number of aliphatic hydroxyl groups excluding tert-OH is 5. The molecular formula is C66H125NO8. The highest BCUT2D eigenvalue weighted by molar-refractivity contribution is 5.76. The van der Waals surface area contributed by atoms with Gasteiger partial charge in [-0.15, -0.1) is 0 Å².